The molecule has 0 saturated carbocycles. The Hall–Kier alpha value is -3.59. The first-order chi connectivity index (χ1) is 16.1. The number of hydrazone groups is 1. The second kappa shape index (κ2) is 9.11. The summed E-state index contributed by atoms with van der Waals surface area (Å²) in [5.41, 5.74) is 3.05. The minimum Gasteiger partial charge on any atom is -0.467 e. The number of rotatable bonds is 7. The number of furan rings is 2. The molecule has 0 unspecified atom stereocenters. The van der Waals surface area contributed by atoms with Crippen LogP contribution >= 0.6 is 11.8 Å². The Morgan fingerprint density at radius 3 is 2.58 bits per heavy atom. The first-order valence-corrected chi connectivity index (χ1v) is 11.7. The average molecular weight is 462 g/mol. The highest BCUT2D eigenvalue weighted by molar-refractivity contribution is 7.99. The third-order valence-electron chi connectivity index (χ3n) is 5.52. The van der Waals surface area contributed by atoms with Gasteiger partial charge in [0.15, 0.2) is 16.7 Å². The van der Waals surface area contributed by atoms with Gasteiger partial charge >= 0.3 is 0 Å². The van der Waals surface area contributed by atoms with Gasteiger partial charge in [0.2, 0.25) is 0 Å². The molecule has 0 radical (unpaired) electrons. The molecule has 168 valence electrons. The molecule has 0 spiro atoms. The summed E-state index contributed by atoms with van der Waals surface area (Å²) >= 11 is 1.34. The highest BCUT2D eigenvalue weighted by atomic mass is 32.2. The lowest BCUT2D eigenvalue weighted by molar-refractivity contribution is -0.130. The maximum Gasteiger partial charge on any atom is 0.253 e. The van der Waals surface area contributed by atoms with Crippen molar-refractivity contribution >= 4 is 23.4 Å². The number of hydrogen-bond donors (Lipinski definition) is 0. The molecule has 4 aromatic rings. The Kier molecular flexibility index (Phi) is 5.87. The van der Waals surface area contributed by atoms with E-state index in [4.69, 9.17) is 13.9 Å². The zero-order valence-electron chi connectivity index (χ0n) is 18.3. The van der Waals surface area contributed by atoms with Crippen LogP contribution in [0.25, 0.3) is 11.6 Å². The van der Waals surface area contributed by atoms with Crippen LogP contribution in [-0.2, 0) is 11.3 Å². The molecule has 1 atom stereocenters. The number of amides is 1. The molecule has 1 aliphatic heterocycles. The SMILES string of the molecule is CCn1c(SCC(=O)N2N=C(c3ccc(C)cc3)C[C@@H]2c2ccco2)nnc1-c1ccco1. The van der Waals surface area contributed by atoms with Crippen molar-refractivity contribution in [3.63, 3.8) is 0 Å². The largest absolute Gasteiger partial charge is 0.467 e. The molecule has 9 heteroatoms. The number of thioether (sulfide) groups is 1. The van der Waals surface area contributed by atoms with E-state index in [1.165, 1.54) is 17.3 Å². The minimum absolute atomic E-state index is 0.117. The van der Waals surface area contributed by atoms with E-state index in [9.17, 15) is 4.79 Å². The fourth-order valence-electron chi connectivity index (χ4n) is 3.82. The summed E-state index contributed by atoms with van der Waals surface area (Å²) < 4.78 is 13.0. The number of carbonyl (C=O) groups is 1. The van der Waals surface area contributed by atoms with Crippen molar-refractivity contribution in [1.29, 1.82) is 0 Å². The summed E-state index contributed by atoms with van der Waals surface area (Å²) in [6, 6.07) is 15.3. The van der Waals surface area contributed by atoms with E-state index >= 15 is 0 Å². The first kappa shape index (κ1) is 21.3. The monoisotopic (exact) mass is 461 g/mol. The normalized spacial score (nSPS) is 15.8. The molecule has 4 heterocycles. The Balaban J connectivity index is 1.36. The van der Waals surface area contributed by atoms with E-state index in [1.54, 1.807) is 17.5 Å². The van der Waals surface area contributed by atoms with Crippen LogP contribution in [0.2, 0.25) is 0 Å². The zero-order valence-corrected chi connectivity index (χ0v) is 19.2. The highest BCUT2D eigenvalue weighted by Gasteiger charge is 2.35. The molecule has 33 heavy (non-hydrogen) atoms. The van der Waals surface area contributed by atoms with E-state index < -0.39 is 0 Å². The zero-order chi connectivity index (χ0) is 22.8. The average Bonchev–Trinajstić information content (AvgIpc) is 3.62. The number of aromatic nitrogens is 3. The smallest absolute Gasteiger partial charge is 0.253 e. The summed E-state index contributed by atoms with van der Waals surface area (Å²) in [5.74, 6) is 2.07. The van der Waals surface area contributed by atoms with Gasteiger partial charge in [0.25, 0.3) is 5.91 Å². The van der Waals surface area contributed by atoms with Gasteiger partial charge in [0.1, 0.15) is 11.8 Å². The van der Waals surface area contributed by atoms with Crippen molar-refractivity contribution in [3.05, 3.63) is 77.9 Å². The van der Waals surface area contributed by atoms with Crippen molar-refractivity contribution in [2.45, 2.75) is 38.0 Å². The molecular weight excluding hydrogens is 438 g/mol. The molecule has 1 aliphatic rings. The van der Waals surface area contributed by atoms with Gasteiger partial charge in [-0.15, -0.1) is 10.2 Å². The second-order valence-electron chi connectivity index (χ2n) is 7.70. The van der Waals surface area contributed by atoms with Crippen molar-refractivity contribution < 1.29 is 13.6 Å². The molecule has 0 fully saturated rings. The van der Waals surface area contributed by atoms with Gasteiger partial charge < -0.3 is 8.83 Å². The lowest BCUT2D eigenvalue weighted by atomic mass is 10.0. The predicted octanol–water partition coefficient (Wildman–Crippen LogP) is 4.93. The first-order valence-electron chi connectivity index (χ1n) is 10.7. The fraction of sp³-hybridized carbons (Fsp3) is 0.250. The standard InChI is InChI=1S/C24H23N5O3S/c1-3-28-23(21-7-5-13-32-21)25-26-24(28)33-15-22(30)29-19(20-6-4-12-31-20)14-18(27-29)17-10-8-16(2)9-11-17/h4-13,19H,3,14-15H2,1-2H3/t19-/m1/s1. The van der Waals surface area contributed by atoms with Crippen molar-refractivity contribution in [2.75, 3.05) is 5.75 Å². The van der Waals surface area contributed by atoms with Gasteiger partial charge in [-0.05, 0) is 43.7 Å². The Morgan fingerprint density at radius 2 is 1.88 bits per heavy atom. The van der Waals surface area contributed by atoms with Crippen molar-refractivity contribution in [3.8, 4) is 11.6 Å². The van der Waals surface area contributed by atoms with Crippen LogP contribution in [0.1, 0.15) is 36.3 Å². The van der Waals surface area contributed by atoms with E-state index in [0.717, 1.165) is 17.0 Å². The Labute approximate surface area is 195 Å². The van der Waals surface area contributed by atoms with Gasteiger partial charge in [-0.1, -0.05) is 41.6 Å². The van der Waals surface area contributed by atoms with Crippen LogP contribution in [0.5, 0.6) is 0 Å². The topological polar surface area (TPSA) is 89.7 Å². The molecule has 0 aliphatic carbocycles. The predicted molar refractivity (Wildman–Crippen MR) is 125 cm³/mol. The molecule has 5 rings (SSSR count). The third-order valence-corrected chi connectivity index (χ3v) is 6.47. The summed E-state index contributed by atoms with van der Waals surface area (Å²) in [6.45, 7) is 4.71. The third kappa shape index (κ3) is 4.23. The van der Waals surface area contributed by atoms with Crippen molar-refractivity contribution in [1.82, 2.24) is 19.8 Å². The molecule has 1 aromatic carbocycles. The van der Waals surface area contributed by atoms with Gasteiger partial charge in [0, 0.05) is 13.0 Å². The summed E-state index contributed by atoms with van der Waals surface area (Å²) in [6.07, 6.45) is 3.82. The summed E-state index contributed by atoms with van der Waals surface area (Å²) in [7, 11) is 0. The number of benzene rings is 1. The number of hydrogen-bond acceptors (Lipinski definition) is 7. The van der Waals surface area contributed by atoms with Gasteiger partial charge in [-0.3, -0.25) is 9.36 Å². The molecule has 1 amide bonds. The molecular formula is C24H23N5O3S. The molecule has 0 N–H and O–H groups in total. The summed E-state index contributed by atoms with van der Waals surface area (Å²) in [4.78, 5) is 13.3. The van der Waals surface area contributed by atoms with E-state index in [2.05, 4.69) is 10.2 Å². The summed E-state index contributed by atoms with van der Waals surface area (Å²) in [5, 5.41) is 15.4. The van der Waals surface area contributed by atoms with Gasteiger partial charge in [-0.25, -0.2) is 5.01 Å². The van der Waals surface area contributed by atoms with E-state index in [-0.39, 0.29) is 17.7 Å². The van der Waals surface area contributed by atoms with Crippen LogP contribution in [-0.4, -0.2) is 37.1 Å². The lowest BCUT2D eigenvalue weighted by Crippen LogP contribution is -2.28. The molecule has 3 aromatic heterocycles. The van der Waals surface area contributed by atoms with Gasteiger partial charge in [0.05, 0.1) is 24.0 Å². The van der Waals surface area contributed by atoms with Crippen molar-refractivity contribution in [2.24, 2.45) is 5.10 Å². The maximum absolute atomic E-state index is 13.3. The van der Waals surface area contributed by atoms with E-state index in [0.29, 0.717) is 29.7 Å². The van der Waals surface area contributed by atoms with E-state index in [1.807, 2.05) is 66.9 Å². The Bertz CT molecular complexity index is 1260. The number of aryl methyl sites for hydroxylation is 1. The highest BCUT2D eigenvalue weighted by Crippen LogP contribution is 2.34. The van der Waals surface area contributed by atoms with Gasteiger partial charge in [-0.2, -0.15) is 5.10 Å². The number of carbonyl (C=O) groups excluding carboxylic acids is 1. The Morgan fingerprint density at radius 1 is 1.09 bits per heavy atom. The minimum atomic E-state index is -0.271. The van der Waals surface area contributed by atoms with Crippen LogP contribution < -0.4 is 0 Å². The maximum atomic E-state index is 13.3. The number of nitrogens with zero attached hydrogens (tertiary/aromatic N) is 5. The van der Waals surface area contributed by atoms with Crippen LogP contribution in [0.3, 0.4) is 0 Å². The van der Waals surface area contributed by atoms with Crippen LogP contribution in [0, 0.1) is 6.92 Å². The molecule has 0 saturated heterocycles. The van der Waals surface area contributed by atoms with Crippen LogP contribution in [0.15, 0.2) is 80.1 Å². The fourth-order valence-corrected chi connectivity index (χ4v) is 4.68. The molecule has 0 bridgehead atoms. The lowest BCUT2D eigenvalue weighted by Gasteiger charge is -2.19. The molecule has 8 nitrogen and oxygen atoms in total. The quantitative estimate of drug-likeness (QED) is 0.363. The van der Waals surface area contributed by atoms with Crippen LogP contribution in [0.4, 0.5) is 0 Å². The second-order valence-corrected chi connectivity index (χ2v) is 8.65.